The minimum atomic E-state index is -2.06. The molecule has 0 aliphatic rings. The monoisotopic (exact) mass is 229 g/mol. The smallest absolute Gasteiger partial charge is 0.201 e. The van der Waals surface area contributed by atoms with Crippen molar-refractivity contribution in [1.82, 2.24) is 0 Å². The maximum atomic E-state index is 7.48. The van der Waals surface area contributed by atoms with E-state index in [0.717, 1.165) is 11.3 Å². The van der Waals surface area contributed by atoms with Crippen molar-refractivity contribution in [3.8, 4) is 11.3 Å². The Morgan fingerprint density at radius 1 is 1.06 bits per heavy atom. The lowest BCUT2D eigenvalue weighted by atomic mass is 9.97. The molecule has 0 saturated carbocycles. The van der Waals surface area contributed by atoms with Crippen molar-refractivity contribution in [2.45, 2.75) is 27.6 Å². The fourth-order valence-corrected chi connectivity index (χ4v) is 2.19. The first kappa shape index (κ1) is 8.46. The van der Waals surface area contributed by atoms with Crippen LogP contribution in [-0.4, -0.2) is 0 Å². The van der Waals surface area contributed by atoms with Gasteiger partial charge in [0.1, 0.15) is 7.05 Å². The molecule has 2 rings (SSSR count). The lowest BCUT2D eigenvalue weighted by Crippen LogP contribution is -2.31. The van der Waals surface area contributed by atoms with Crippen LogP contribution in [0.3, 0.4) is 0 Å². The summed E-state index contributed by atoms with van der Waals surface area (Å²) in [5.74, 6) is 0. The van der Waals surface area contributed by atoms with Gasteiger partial charge < -0.3 is 0 Å². The van der Waals surface area contributed by atoms with E-state index >= 15 is 0 Å². The van der Waals surface area contributed by atoms with Crippen LogP contribution >= 0.6 is 0 Å². The maximum absolute atomic E-state index is 7.48. The van der Waals surface area contributed by atoms with Gasteiger partial charge in [-0.05, 0) is 50.9 Å². The molecule has 1 nitrogen and oxygen atoms in total. The van der Waals surface area contributed by atoms with Crippen molar-refractivity contribution in [1.29, 1.82) is 0 Å². The second-order valence-electron chi connectivity index (χ2n) is 4.67. The van der Waals surface area contributed by atoms with Gasteiger partial charge in [-0.15, -0.1) is 0 Å². The van der Waals surface area contributed by atoms with E-state index in [1.165, 1.54) is 16.7 Å². The van der Waals surface area contributed by atoms with E-state index in [0.29, 0.717) is 5.56 Å². The molecule has 1 heterocycles. The fourth-order valence-electron chi connectivity index (χ4n) is 2.19. The van der Waals surface area contributed by atoms with E-state index in [-0.39, 0.29) is 0 Å². The Hall–Kier alpha value is -1.63. The van der Waals surface area contributed by atoms with Crippen molar-refractivity contribution < 1.29 is 8.68 Å². The first-order valence-electron chi connectivity index (χ1n) is 7.28. The minimum Gasteiger partial charge on any atom is -0.201 e. The average molecular weight is 229 g/mol. The second-order valence-corrected chi connectivity index (χ2v) is 4.67. The van der Waals surface area contributed by atoms with Crippen LogP contribution in [0.2, 0.25) is 0 Å². The molecule has 0 unspecified atom stereocenters. The van der Waals surface area contributed by atoms with Crippen molar-refractivity contribution >= 4 is 0 Å². The molecule has 0 aliphatic carbocycles. The third-order valence-corrected chi connectivity index (χ3v) is 3.22. The molecule has 88 valence electrons. The highest BCUT2D eigenvalue weighted by Gasteiger charge is 2.13. The summed E-state index contributed by atoms with van der Waals surface area (Å²) >= 11 is 0. The van der Waals surface area contributed by atoms with Gasteiger partial charge in [-0.2, -0.15) is 0 Å². The summed E-state index contributed by atoms with van der Waals surface area (Å²) in [5, 5.41) is 0. The Bertz CT molecular complexity index is 658. The molecule has 2 aromatic rings. The van der Waals surface area contributed by atoms with Crippen LogP contribution in [-0.2, 0) is 7.05 Å². The van der Waals surface area contributed by atoms with Gasteiger partial charge in [0.2, 0.25) is 5.69 Å². The van der Waals surface area contributed by atoms with Crippen LogP contribution in [0.1, 0.15) is 26.4 Å². The van der Waals surface area contributed by atoms with E-state index in [1.54, 1.807) is 12.3 Å². The number of aromatic nitrogens is 1. The van der Waals surface area contributed by atoms with E-state index < -0.39 is 6.85 Å². The molecule has 1 heteroatoms. The molecule has 0 radical (unpaired) electrons. The summed E-state index contributed by atoms with van der Waals surface area (Å²) < 4.78 is 24.3. The number of rotatable bonds is 1. The normalized spacial score (nSPS) is 14.0. The van der Waals surface area contributed by atoms with E-state index in [1.807, 2.05) is 17.7 Å². The Morgan fingerprint density at radius 2 is 1.82 bits per heavy atom. The molecule has 17 heavy (non-hydrogen) atoms. The predicted octanol–water partition coefficient (Wildman–Crippen LogP) is 3.41. The quantitative estimate of drug-likeness (QED) is 0.660. The molecule has 0 spiro atoms. The molecular formula is C16H20N+. The SMILES string of the molecule is [2H]C([2H])([2H])c1ccc(-c2cc(C)cc(C)c2C)[n+](C)c1. The topological polar surface area (TPSA) is 3.88 Å². The van der Waals surface area contributed by atoms with Gasteiger partial charge in [-0.25, -0.2) is 4.57 Å². The first-order chi connectivity index (χ1) is 9.20. The lowest BCUT2D eigenvalue weighted by molar-refractivity contribution is -0.660. The van der Waals surface area contributed by atoms with Crippen LogP contribution < -0.4 is 4.57 Å². The Labute approximate surface area is 108 Å². The zero-order chi connectivity index (χ0) is 15.1. The molecule has 0 amide bonds. The highest BCUT2D eigenvalue weighted by Crippen LogP contribution is 2.24. The van der Waals surface area contributed by atoms with E-state index in [9.17, 15) is 0 Å². The van der Waals surface area contributed by atoms with E-state index in [4.69, 9.17) is 4.11 Å². The summed E-state index contributed by atoms with van der Waals surface area (Å²) in [6.45, 7) is 4.21. The summed E-state index contributed by atoms with van der Waals surface area (Å²) in [5.41, 5.74) is 6.24. The fraction of sp³-hybridized carbons (Fsp3) is 0.312. The highest BCUT2D eigenvalue weighted by atomic mass is 14.9. The Morgan fingerprint density at radius 3 is 2.47 bits per heavy atom. The van der Waals surface area contributed by atoms with Crippen molar-refractivity contribution in [2.24, 2.45) is 7.05 Å². The van der Waals surface area contributed by atoms with Crippen molar-refractivity contribution in [3.63, 3.8) is 0 Å². The number of nitrogens with zero attached hydrogens (tertiary/aromatic N) is 1. The maximum Gasteiger partial charge on any atom is 0.212 e. The van der Waals surface area contributed by atoms with Gasteiger partial charge >= 0.3 is 0 Å². The molecule has 0 bridgehead atoms. The predicted molar refractivity (Wildman–Crippen MR) is 72.0 cm³/mol. The van der Waals surface area contributed by atoms with E-state index in [2.05, 4.69) is 32.9 Å². The summed E-state index contributed by atoms with van der Waals surface area (Å²) in [4.78, 5) is 0. The summed E-state index contributed by atoms with van der Waals surface area (Å²) in [7, 11) is 1.89. The first-order valence-corrected chi connectivity index (χ1v) is 5.78. The Balaban J connectivity index is 2.60. The molecule has 0 aliphatic heterocycles. The minimum absolute atomic E-state index is 0.366. The zero-order valence-corrected chi connectivity index (χ0v) is 10.8. The molecule has 1 aromatic carbocycles. The van der Waals surface area contributed by atoms with Crippen molar-refractivity contribution in [3.05, 3.63) is 52.7 Å². The average Bonchev–Trinajstić information content (AvgIpc) is 2.33. The van der Waals surface area contributed by atoms with Gasteiger partial charge in [-0.1, -0.05) is 11.6 Å². The van der Waals surface area contributed by atoms with Gasteiger partial charge in [0.05, 0.1) is 0 Å². The zero-order valence-electron chi connectivity index (χ0n) is 13.8. The molecular weight excluding hydrogens is 206 g/mol. The number of aryl methyl sites for hydroxylation is 4. The van der Waals surface area contributed by atoms with Crippen LogP contribution in [0.25, 0.3) is 11.3 Å². The largest absolute Gasteiger partial charge is 0.212 e. The number of benzene rings is 1. The summed E-state index contributed by atoms with van der Waals surface area (Å²) in [6.07, 6.45) is 1.69. The second kappa shape index (κ2) is 4.33. The van der Waals surface area contributed by atoms with Crippen LogP contribution in [0, 0.1) is 27.6 Å². The highest BCUT2D eigenvalue weighted by molar-refractivity contribution is 5.64. The Kier molecular flexibility index (Phi) is 2.15. The third-order valence-electron chi connectivity index (χ3n) is 3.22. The van der Waals surface area contributed by atoms with Crippen molar-refractivity contribution in [2.75, 3.05) is 0 Å². The van der Waals surface area contributed by atoms with Gasteiger partial charge in [0, 0.05) is 21.3 Å². The molecule has 0 atom stereocenters. The van der Waals surface area contributed by atoms with Crippen LogP contribution in [0.5, 0.6) is 0 Å². The number of pyridine rings is 1. The van der Waals surface area contributed by atoms with Gasteiger partial charge in [0.25, 0.3) is 0 Å². The lowest BCUT2D eigenvalue weighted by Gasteiger charge is -2.09. The third kappa shape index (κ3) is 2.23. The van der Waals surface area contributed by atoms with Crippen LogP contribution in [0.4, 0.5) is 0 Å². The molecule has 0 N–H and O–H groups in total. The summed E-state index contributed by atoms with van der Waals surface area (Å²) in [6, 6.07) is 7.89. The number of hydrogen-bond acceptors (Lipinski definition) is 0. The van der Waals surface area contributed by atoms with Crippen LogP contribution in [0.15, 0.2) is 30.5 Å². The van der Waals surface area contributed by atoms with Gasteiger partial charge in [0.15, 0.2) is 6.20 Å². The number of hydrogen-bond donors (Lipinski definition) is 0. The standard InChI is InChI=1S/C16H20N/c1-11-6-7-16(17(5)10-11)15-9-12(2)8-13(3)14(15)4/h6-10H,1-5H3/q+1/i1D3. The molecule has 0 saturated heterocycles. The molecule has 1 aromatic heterocycles. The molecule has 0 fully saturated rings. The van der Waals surface area contributed by atoms with Gasteiger partial charge in [-0.3, -0.25) is 0 Å².